The highest BCUT2D eigenvalue weighted by Crippen LogP contribution is 2.28. The topological polar surface area (TPSA) is 66.4 Å². The van der Waals surface area contributed by atoms with E-state index in [1.807, 2.05) is 4.90 Å². The lowest BCUT2D eigenvalue weighted by Gasteiger charge is -2.25. The molecule has 1 fully saturated rings. The molecule has 0 N–H and O–H groups in total. The Morgan fingerprint density at radius 3 is 2.35 bits per heavy atom. The second kappa shape index (κ2) is 8.60. The van der Waals surface area contributed by atoms with E-state index < -0.39 is 0 Å². The summed E-state index contributed by atoms with van der Waals surface area (Å²) in [6, 6.07) is 0.253. The summed E-state index contributed by atoms with van der Waals surface area (Å²) < 4.78 is 0. The average molecular weight is 318 g/mol. The largest absolute Gasteiger partial charge is 0.343 e. The quantitative estimate of drug-likeness (QED) is 0.699. The predicted octanol–water partition coefficient (Wildman–Crippen LogP) is 2.12. The lowest BCUT2D eigenvalue weighted by atomic mass is 10.2. The van der Waals surface area contributed by atoms with Gasteiger partial charge in [0.1, 0.15) is 5.69 Å². The van der Waals surface area contributed by atoms with Crippen LogP contribution in [0.2, 0.25) is 0 Å². The molecule has 6 heteroatoms. The molecule has 0 atom stereocenters. The number of hydrogen-bond acceptors (Lipinski definition) is 4. The van der Waals surface area contributed by atoms with Crippen LogP contribution in [0.25, 0.3) is 0 Å². The molecule has 0 radical (unpaired) electrons. The van der Waals surface area contributed by atoms with Crippen LogP contribution in [-0.2, 0) is 4.79 Å². The number of nitrogens with zero attached hydrogens (tertiary/aromatic N) is 4. The third-order valence-electron chi connectivity index (χ3n) is 3.94. The van der Waals surface area contributed by atoms with Crippen molar-refractivity contribution < 1.29 is 9.59 Å². The van der Waals surface area contributed by atoms with Crippen molar-refractivity contribution in [3.8, 4) is 0 Å². The van der Waals surface area contributed by atoms with Crippen LogP contribution in [0.5, 0.6) is 0 Å². The van der Waals surface area contributed by atoms with Gasteiger partial charge in [-0.15, -0.1) is 0 Å². The van der Waals surface area contributed by atoms with Crippen LogP contribution in [0.3, 0.4) is 0 Å². The molecule has 0 bridgehead atoms. The molecule has 2 amide bonds. The molecule has 2 rings (SSSR count). The van der Waals surface area contributed by atoms with E-state index in [0.29, 0.717) is 18.7 Å². The molecular formula is C17H26N4O2. The van der Waals surface area contributed by atoms with Gasteiger partial charge in [-0.05, 0) is 25.7 Å². The molecule has 0 unspecified atom stereocenters. The molecule has 1 aliphatic rings. The van der Waals surface area contributed by atoms with E-state index in [0.717, 1.165) is 38.8 Å². The summed E-state index contributed by atoms with van der Waals surface area (Å²) in [6.07, 6.45) is 8.86. The Kier molecular flexibility index (Phi) is 6.50. The lowest BCUT2D eigenvalue weighted by molar-refractivity contribution is -0.131. The van der Waals surface area contributed by atoms with Gasteiger partial charge in [-0.2, -0.15) is 0 Å². The lowest BCUT2D eigenvalue weighted by Crippen LogP contribution is -2.39. The van der Waals surface area contributed by atoms with E-state index in [2.05, 4.69) is 23.8 Å². The zero-order valence-corrected chi connectivity index (χ0v) is 14.1. The van der Waals surface area contributed by atoms with Gasteiger partial charge in [0.2, 0.25) is 5.91 Å². The van der Waals surface area contributed by atoms with Gasteiger partial charge in [0.25, 0.3) is 5.91 Å². The molecule has 1 aliphatic carbocycles. The Balaban J connectivity index is 1.95. The van der Waals surface area contributed by atoms with Crippen LogP contribution >= 0.6 is 0 Å². The van der Waals surface area contributed by atoms with E-state index in [-0.39, 0.29) is 17.9 Å². The average Bonchev–Trinajstić information content (AvgIpc) is 3.40. The molecular weight excluding hydrogens is 292 g/mol. The molecule has 0 spiro atoms. The molecule has 0 saturated heterocycles. The maximum absolute atomic E-state index is 12.6. The Morgan fingerprint density at radius 2 is 1.83 bits per heavy atom. The second-order valence-corrected chi connectivity index (χ2v) is 5.95. The van der Waals surface area contributed by atoms with Gasteiger partial charge in [0.05, 0.1) is 6.20 Å². The minimum atomic E-state index is -0.120. The van der Waals surface area contributed by atoms with Gasteiger partial charge in [-0.1, -0.05) is 13.8 Å². The molecule has 1 saturated carbocycles. The number of hydrogen-bond donors (Lipinski definition) is 0. The van der Waals surface area contributed by atoms with Crippen molar-refractivity contribution in [2.45, 2.75) is 52.0 Å². The summed E-state index contributed by atoms with van der Waals surface area (Å²) in [4.78, 5) is 36.7. The molecule has 23 heavy (non-hydrogen) atoms. The first kappa shape index (κ1) is 17.4. The van der Waals surface area contributed by atoms with Crippen LogP contribution in [0, 0.1) is 0 Å². The third-order valence-corrected chi connectivity index (χ3v) is 3.94. The Morgan fingerprint density at radius 1 is 1.13 bits per heavy atom. The van der Waals surface area contributed by atoms with Gasteiger partial charge in [0, 0.05) is 44.5 Å². The van der Waals surface area contributed by atoms with Crippen LogP contribution in [0.15, 0.2) is 18.6 Å². The highest BCUT2D eigenvalue weighted by atomic mass is 16.2. The molecule has 1 aromatic rings. The molecule has 1 aromatic heterocycles. The number of aromatic nitrogens is 2. The molecule has 0 aliphatic heterocycles. The molecule has 1 heterocycles. The maximum Gasteiger partial charge on any atom is 0.274 e. The molecule has 6 nitrogen and oxygen atoms in total. The van der Waals surface area contributed by atoms with Crippen molar-refractivity contribution >= 4 is 11.8 Å². The summed E-state index contributed by atoms with van der Waals surface area (Å²) in [5.74, 6) is 0.0113. The summed E-state index contributed by atoms with van der Waals surface area (Å²) >= 11 is 0. The molecule has 126 valence electrons. The van der Waals surface area contributed by atoms with Gasteiger partial charge in [0.15, 0.2) is 0 Å². The fourth-order valence-electron chi connectivity index (χ4n) is 2.67. The first-order chi connectivity index (χ1) is 11.2. The van der Waals surface area contributed by atoms with E-state index in [1.165, 1.54) is 12.4 Å². The van der Waals surface area contributed by atoms with Gasteiger partial charge in [-0.3, -0.25) is 14.6 Å². The van der Waals surface area contributed by atoms with Crippen molar-refractivity contribution in [3.63, 3.8) is 0 Å². The standard InChI is InChI=1S/C17H26N4O2/c1-3-10-20(11-4-2)16(22)7-12-21(14-5-6-14)17(23)15-13-18-8-9-19-15/h8-9,13-14H,3-7,10-12H2,1-2H3. The first-order valence-electron chi connectivity index (χ1n) is 8.52. The monoisotopic (exact) mass is 318 g/mol. The minimum Gasteiger partial charge on any atom is -0.343 e. The number of carbonyl (C=O) groups excluding carboxylic acids is 2. The van der Waals surface area contributed by atoms with Crippen LogP contribution < -0.4 is 0 Å². The Labute approximate surface area is 137 Å². The van der Waals surface area contributed by atoms with Gasteiger partial charge < -0.3 is 9.80 Å². The highest BCUT2D eigenvalue weighted by Gasteiger charge is 2.34. The van der Waals surface area contributed by atoms with Crippen molar-refractivity contribution in [2.75, 3.05) is 19.6 Å². The fraction of sp³-hybridized carbons (Fsp3) is 0.647. The fourth-order valence-corrected chi connectivity index (χ4v) is 2.67. The van der Waals surface area contributed by atoms with Crippen molar-refractivity contribution in [1.29, 1.82) is 0 Å². The van der Waals surface area contributed by atoms with Crippen LogP contribution in [0.1, 0.15) is 56.4 Å². The summed E-state index contributed by atoms with van der Waals surface area (Å²) in [6.45, 7) is 6.18. The summed E-state index contributed by atoms with van der Waals surface area (Å²) in [5, 5.41) is 0. The van der Waals surface area contributed by atoms with Crippen LogP contribution in [-0.4, -0.2) is 57.3 Å². The smallest absolute Gasteiger partial charge is 0.274 e. The zero-order chi connectivity index (χ0) is 16.7. The van der Waals surface area contributed by atoms with E-state index in [9.17, 15) is 9.59 Å². The minimum absolute atomic E-state index is 0.120. The van der Waals surface area contributed by atoms with Crippen molar-refractivity contribution in [1.82, 2.24) is 19.8 Å². The van der Waals surface area contributed by atoms with Crippen molar-refractivity contribution in [3.05, 3.63) is 24.3 Å². The summed E-state index contributed by atoms with van der Waals surface area (Å²) in [5.41, 5.74) is 0.353. The maximum atomic E-state index is 12.6. The number of amides is 2. The summed E-state index contributed by atoms with van der Waals surface area (Å²) in [7, 11) is 0. The number of carbonyl (C=O) groups is 2. The number of rotatable bonds is 9. The second-order valence-electron chi connectivity index (χ2n) is 5.95. The van der Waals surface area contributed by atoms with E-state index >= 15 is 0 Å². The Hall–Kier alpha value is -1.98. The van der Waals surface area contributed by atoms with Gasteiger partial charge in [-0.25, -0.2) is 4.98 Å². The Bertz CT molecular complexity index is 511. The highest BCUT2D eigenvalue weighted by molar-refractivity contribution is 5.92. The zero-order valence-electron chi connectivity index (χ0n) is 14.1. The normalized spacial score (nSPS) is 13.7. The predicted molar refractivity (Wildman–Crippen MR) is 87.9 cm³/mol. The SMILES string of the molecule is CCCN(CCC)C(=O)CCN(C(=O)c1cnccn1)C1CC1. The van der Waals surface area contributed by atoms with Gasteiger partial charge >= 0.3 is 0 Å². The molecule has 0 aromatic carbocycles. The van der Waals surface area contributed by atoms with Crippen LogP contribution in [0.4, 0.5) is 0 Å². The van der Waals surface area contributed by atoms with Crippen molar-refractivity contribution in [2.24, 2.45) is 0 Å². The third kappa shape index (κ3) is 5.01. The first-order valence-corrected chi connectivity index (χ1v) is 8.52. The van der Waals surface area contributed by atoms with E-state index in [4.69, 9.17) is 0 Å². The van der Waals surface area contributed by atoms with E-state index in [1.54, 1.807) is 11.1 Å².